The van der Waals surface area contributed by atoms with E-state index in [0.29, 0.717) is 20.8 Å². The van der Waals surface area contributed by atoms with Crippen molar-refractivity contribution in [2.24, 2.45) is 0 Å². The van der Waals surface area contributed by atoms with Crippen molar-refractivity contribution in [3.8, 4) is 9.88 Å². The number of carbonyl (C=O) groups is 1. The van der Waals surface area contributed by atoms with Crippen LogP contribution >= 0.6 is 34.4 Å². The highest BCUT2D eigenvalue weighted by atomic mass is 32.2. The van der Waals surface area contributed by atoms with Crippen molar-refractivity contribution in [1.82, 2.24) is 10.2 Å². The molecule has 0 aliphatic heterocycles. The molecule has 0 spiro atoms. The van der Waals surface area contributed by atoms with Gasteiger partial charge in [0.2, 0.25) is 0 Å². The number of hydrogen-bond donors (Lipinski definition) is 0. The maximum atomic E-state index is 11.5. The number of hydrogen-bond acceptors (Lipinski definition) is 9. The van der Waals surface area contributed by atoms with Gasteiger partial charge in [0.25, 0.3) is 0 Å². The minimum absolute atomic E-state index is 0.0684. The van der Waals surface area contributed by atoms with Crippen molar-refractivity contribution in [1.29, 1.82) is 0 Å². The average molecular weight is 359 g/mol. The third-order valence-corrected chi connectivity index (χ3v) is 5.70. The molecule has 2 heterocycles. The van der Waals surface area contributed by atoms with E-state index in [-0.39, 0.29) is 16.7 Å². The molecule has 0 atom stereocenters. The van der Waals surface area contributed by atoms with E-state index in [0.717, 1.165) is 24.2 Å². The Hall–Kier alpha value is -1.52. The topological polar surface area (TPSA) is 95.2 Å². The van der Waals surface area contributed by atoms with Gasteiger partial charge in [-0.05, 0) is 12.5 Å². The van der Waals surface area contributed by atoms with Gasteiger partial charge in [0.1, 0.15) is 0 Å². The van der Waals surface area contributed by atoms with E-state index in [1.165, 1.54) is 29.2 Å². The predicted molar refractivity (Wildman–Crippen MR) is 86.5 cm³/mol. The van der Waals surface area contributed by atoms with Crippen LogP contribution in [0.2, 0.25) is 0 Å². The second-order valence-corrected chi connectivity index (χ2v) is 7.39. The number of aromatic nitrogens is 2. The summed E-state index contributed by atoms with van der Waals surface area (Å²) in [6.45, 7) is 2.47. The fraction of sp³-hybridized carbons (Fsp3) is 0.417. The molecular weight excluding hydrogens is 346 g/mol. The second-order valence-electron chi connectivity index (χ2n) is 4.13. The van der Waals surface area contributed by atoms with Gasteiger partial charge in [0.05, 0.1) is 22.2 Å². The van der Waals surface area contributed by atoms with Crippen LogP contribution in [0.25, 0.3) is 9.88 Å². The predicted octanol–water partition coefficient (Wildman–Crippen LogP) is 3.61. The molecule has 0 bridgehead atoms. The number of carbonyl (C=O) groups excluding carboxylic acids is 1. The molecule has 22 heavy (non-hydrogen) atoms. The lowest BCUT2D eigenvalue weighted by Gasteiger charge is -2.01. The Bertz CT molecular complexity index is 656. The highest BCUT2D eigenvalue weighted by molar-refractivity contribution is 8.01. The monoisotopic (exact) mass is 359 g/mol. The van der Waals surface area contributed by atoms with Gasteiger partial charge in [-0.25, -0.2) is 0 Å². The molecular formula is C12H13N3O4S3. The molecule has 0 unspecified atom stereocenters. The number of thiophene rings is 1. The van der Waals surface area contributed by atoms with Gasteiger partial charge in [-0.2, -0.15) is 0 Å². The van der Waals surface area contributed by atoms with Crippen molar-refractivity contribution < 1.29 is 14.5 Å². The molecule has 0 amide bonds. The first-order chi connectivity index (χ1) is 10.6. The molecule has 7 nitrogen and oxygen atoms in total. The molecule has 2 aromatic heterocycles. The van der Waals surface area contributed by atoms with Crippen LogP contribution in [0.15, 0.2) is 16.5 Å². The maximum Gasteiger partial charge on any atom is 0.324 e. The molecule has 0 N–H and O–H groups in total. The van der Waals surface area contributed by atoms with E-state index in [1.54, 1.807) is 6.07 Å². The molecule has 0 aliphatic carbocycles. The molecule has 0 saturated heterocycles. The lowest BCUT2D eigenvalue weighted by molar-refractivity contribution is -0.380. The van der Waals surface area contributed by atoms with E-state index >= 15 is 0 Å². The molecule has 2 rings (SSSR count). The van der Waals surface area contributed by atoms with E-state index in [4.69, 9.17) is 4.74 Å². The highest BCUT2D eigenvalue weighted by Crippen LogP contribution is 2.36. The number of nitrogens with zero attached hydrogens (tertiary/aromatic N) is 3. The summed E-state index contributed by atoms with van der Waals surface area (Å²) in [5.41, 5.74) is 0. The lowest BCUT2D eigenvalue weighted by atomic mass is 10.4. The standard InChI is InChI=1S/C12H13N3O4S3/c1-2-3-6-19-10(16)7-20-12-14-13-11(22-12)8-4-5-9(21-8)15(17)18/h4-5H,2-3,6-7H2,1H3. The van der Waals surface area contributed by atoms with Crippen LogP contribution in [0.1, 0.15) is 19.8 Å². The number of ether oxygens (including phenoxy) is 1. The van der Waals surface area contributed by atoms with E-state index in [2.05, 4.69) is 10.2 Å². The first kappa shape index (κ1) is 16.8. The second kappa shape index (κ2) is 8.20. The van der Waals surface area contributed by atoms with E-state index in [9.17, 15) is 14.9 Å². The van der Waals surface area contributed by atoms with Crippen LogP contribution < -0.4 is 0 Å². The summed E-state index contributed by atoms with van der Waals surface area (Å²) in [6.07, 6.45) is 1.84. The van der Waals surface area contributed by atoms with Crippen LogP contribution in [0, 0.1) is 10.1 Å². The normalized spacial score (nSPS) is 10.6. The van der Waals surface area contributed by atoms with Gasteiger partial charge < -0.3 is 4.74 Å². The first-order valence-corrected chi connectivity index (χ1v) is 9.08. The van der Waals surface area contributed by atoms with Crippen LogP contribution in [0.4, 0.5) is 5.00 Å². The van der Waals surface area contributed by atoms with Crippen molar-refractivity contribution >= 4 is 45.4 Å². The summed E-state index contributed by atoms with van der Waals surface area (Å²) >= 11 is 3.61. The van der Waals surface area contributed by atoms with Crippen molar-refractivity contribution in [2.75, 3.05) is 12.4 Å². The summed E-state index contributed by atoms with van der Waals surface area (Å²) in [7, 11) is 0. The average Bonchev–Trinajstić information content (AvgIpc) is 3.14. The van der Waals surface area contributed by atoms with Crippen LogP contribution in [-0.4, -0.2) is 33.4 Å². The first-order valence-electron chi connectivity index (χ1n) is 6.46. The zero-order valence-corrected chi connectivity index (χ0v) is 14.1. The SMILES string of the molecule is CCCCOC(=O)CSc1nnc(-c2ccc([N+](=O)[O-])s2)s1. The summed E-state index contributed by atoms with van der Waals surface area (Å²) in [6, 6.07) is 3.09. The minimum Gasteiger partial charge on any atom is -0.465 e. The molecule has 10 heteroatoms. The third-order valence-electron chi connectivity index (χ3n) is 2.46. The van der Waals surface area contributed by atoms with Gasteiger partial charge in [-0.1, -0.05) is 47.8 Å². The van der Waals surface area contributed by atoms with Gasteiger partial charge in [-0.15, -0.1) is 10.2 Å². The Balaban J connectivity index is 1.88. The molecule has 0 aliphatic rings. The number of esters is 1. The van der Waals surface area contributed by atoms with Gasteiger partial charge in [0, 0.05) is 6.07 Å². The fourth-order valence-corrected chi connectivity index (χ4v) is 3.92. The van der Waals surface area contributed by atoms with Crippen LogP contribution in [-0.2, 0) is 9.53 Å². The van der Waals surface area contributed by atoms with Crippen LogP contribution in [0.5, 0.6) is 0 Å². The summed E-state index contributed by atoms with van der Waals surface area (Å²) in [5, 5.41) is 19.3. The van der Waals surface area contributed by atoms with Crippen molar-refractivity contribution in [3.05, 3.63) is 22.2 Å². The zero-order chi connectivity index (χ0) is 15.9. The summed E-state index contributed by atoms with van der Waals surface area (Å²) < 4.78 is 5.69. The summed E-state index contributed by atoms with van der Waals surface area (Å²) in [4.78, 5) is 22.4. The third kappa shape index (κ3) is 4.75. The largest absolute Gasteiger partial charge is 0.465 e. The number of rotatable bonds is 8. The molecule has 0 saturated carbocycles. The number of unbranched alkanes of at least 4 members (excludes halogenated alkanes) is 1. The van der Waals surface area contributed by atoms with E-state index in [1.807, 2.05) is 6.92 Å². The maximum absolute atomic E-state index is 11.5. The Morgan fingerprint density at radius 2 is 2.23 bits per heavy atom. The van der Waals surface area contributed by atoms with Gasteiger partial charge >= 0.3 is 11.0 Å². The zero-order valence-electron chi connectivity index (χ0n) is 11.7. The smallest absolute Gasteiger partial charge is 0.324 e. The Kier molecular flexibility index (Phi) is 6.28. The van der Waals surface area contributed by atoms with Crippen molar-refractivity contribution in [3.63, 3.8) is 0 Å². The molecule has 0 aromatic carbocycles. The number of thioether (sulfide) groups is 1. The molecule has 0 fully saturated rings. The minimum atomic E-state index is -0.433. The molecule has 2 aromatic rings. The quantitative estimate of drug-likeness (QED) is 0.233. The van der Waals surface area contributed by atoms with Gasteiger partial charge in [0.15, 0.2) is 9.35 Å². The Labute approximate surface area is 138 Å². The Morgan fingerprint density at radius 3 is 2.91 bits per heavy atom. The van der Waals surface area contributed by atoms with Crippen molar-refractivity contribution in [2.45, 2.75) is 24.1 Å². The van der Waals surface area contributed by atoms with Crippen LogP contribution in [0.3, 0.4) is 0 Å². The highest BCUT2D eigenvalue weighted by Gasteiger charge is 2.15. The molecule has 118 valence electrons. The Morgan fingerprint density at radius 1 is 1.41 bits per heavy atom. The lowest BCUT2D eigenvalue weighted by Crippen LogP contribution is -2.08. The van der Waals surface area contributed by atoms with Gasteiger partial charge in [-0.3, -0.25) is 14.9 Å². The molecule has 0 radical (unpaired) electrons. The number of nitro groups is 1. The summed E-state index contributed by atoms with van der Waals surface area (Å²) in [5.74, 6) is -0.0925. The fourth-order valence-electron chi connectivity index (χ4n) is 1.40. The van der Waals surface area contributed by atoms with E-state index < -0.39 is 4.92 Å².